The molecule has 0 aliphatic carbocycles. The molecule has 3 atom stereocenters. The fraction of sp³-hybridized carbons (Fsp3) is 0.769. The molecule has 0 unspecified atom stereocenters. The van der Waals surface area contributed by atoms with Gasteiger partial charge in [0.05, 0.1) is 24.9 Å². The minimum absolute atomic E-state index is 0.0613. The largest absolute Gasteiger partial charge is 0.375 e. The molecule has 2 aliphatic rings. The highest BCUT2D eigenvalue weighted by atomic mass is 32.2. The van der Waals surface area contributed by atoms with Crippen LogP contribution in [0.15, 0.2) is 12.4 Å². The Balaban J connectivity index is 1.76. The summed E-state index contributed by atoms with van der Waals surface area (Å²) < 4.78 is 33.6. The number of hydrogen-bond acceptors (Lipinski definition) is 5. The van der Waals surface area contributed by atoms with Crippen LogP contribution in [0, 0.1) is 0 Å². The summed E-state index contributed by atoms with van der Waals surface area (Å²) >= 11 is 0. The number of nitrogens with zero attached hydrogens (tertiary/aromatic N) is 3. The van der Waals surface area contributed by atoms with Crippen molar-refractivity contribution in [3.8, 4) is 0 Å². The average molecular weight is 314 g/mol. The topological polar surface area (TPSA) is 76.5 Å². The third-order valence-electron chi connectivity index (χ3n) is 4.26. The molecule has 2 saturated heterocycles. The van der Waals surface area contributed by atoms with Gasteiger partial charge in [-0.1, -0.05) is 0 Å². The highest BCUT2D eigenvalue weighted by Gasteiger charge is 2.45. The molecule has 7 nitrogen and oxygen atoms in total. The van der Waals surface area contributed by atoms with Crippen molar-refractivity contribution in [3.05, 3.63) is 18.2 Å². The highest BCUT2D eigenvalue weighted by Crippen LogP contribution is 2.30. The van der Waals surface area contributed by atoms with Gasteiger partial charge in [0.25, 0.3) is 0 Å². The molecule has 0 aromatic carbocycles. The van der Waals surface area contributed by atoms with Crippen LogP contribution in [-0.2, 0) is 28.4 Å². The predicted molar refractivity (Wildman–Crippen MR) is 78.1 cm³/mol. The van der Waals surface area contributed by atoms with E-state index in [1.165, 1.54) is 6.26 Å². The second-order valence-corrected chi connectivity index (χ2v) is 7.71. The van der Waals surface area contributed by atoms with Crippen molar-refractivity contribution in [1.82, 2.24) is 19.2 Å². The first kappa shape index (κ1) is 15.0. The van der Waals surface area contributed by atoms with E-state index in [0.717, 1.165) is 25.2 Å². The Labute approximate surface area is 125 Å². The van der Waals surface area contributed by atoms with E-state index >= 15 is 0 Å². The molecule has 118 valence electrons. The van der Waals surface area contributed by atoms with Crippen molar-refractivity contribution >= 4 is 10.0 Å². The van der Waals surface area contributed by atoms with Gasteiger partial charge in [-0.25, -0.2) is 18.1 Å². The van der Waals surface area contributed by atoms with Gasteiger partial charge in [0, 0.05) is 38.6 Å². The summed E-state index contributed by atoms with van der Waals surface area (Å²) in [6, 6.07) is 0.0836. The third-order valence-corrected chi connectivity index (χ3v) is 4.99. The first-order valence-electron chi connectivity index (χ1n) is 7.23. The number of rotatable bonds is 4. The van der Waals surface area contributed by atoms with Gasteiger partial charge < -0.3 is 9.30 Å². The molecule has 3 heterocycles. The van der Waals surface area contributed by atoms with Crippen molar-refractivity contribution < 1.29 is 13.2 Å². The number of hydrogen-bond donors (Lipinski definition) is 1. The Morgan fingerprint density at radius 1 is 1.52 bits per heavy atom. The molecular formula is C13H22N4O3S. The summed E-state index contributed by atoms with van der Waals surface area (Å²) in [6.07, 6.45) is 6.90. The first-order chi connectivity index (χ1) is 9.94. The maximum absolute atomic E-state index is 11.5. The van der Waals surface area contributed by atoms with Crippen molar-refractivity contribution in [3.63, 3.8) is 0 Å². The fourth-order valence-electron chi connectivity index (χ4n) is 3.35. The van der Waals surface area contributed by atoms with E-state index in [1.54, 1.807) is 6.20 Å². The van der Waals surface area contributed by atoms with Gasteiger partial charge in [-0.2, -0.15) is 0 Å². The molecule has 8 heteroatoms. The van der Waals surface area contributed by atoms with Gasteiger partial charge in [0.2, 0.25) is 10.0 Å². The standard InChI is InChI=1S/C13H22N4O3S/c1-16-6-5-14-12(16)9-17-8-10(15-21(2,18)19)13-11(17)4-3-7-20-13/h5-6,10-11,13,15H,3-4,7-9H2,1-2H3/t10-,11-,13-/m1/s1. The number of ether oxygens (including phenoxy) is 1. The quantitative estimate of drug-likeness (QED) is 0.826. The first-order valence-corrected chi connectivity index (χ1v) is 9.12. The molecule has 1 aromatic rings. The average Bonchev–Trinajstić information content (AvgIpc) is 2.95. The van der Waals surface area contributed by atoms with Crippen LogP contribution in [0.1, 0.15) is 18.7 Å². The lowest BCUT2D eigenvalue weighted by Crippen LogP contribution is -2.47. The van der Waals surface area contributed by atoms with E-state index in [2.05, 4.69) is 14.6 Å². The van der Waals surface area contributed by atoms with Crippen LogP contribution >= 0.6 is 0 Å². The minimum Gasteiger partial charge on any atom is -0.375 e. The van der Waals surface area contributed by atoms with E-state index in [1.807, 2.05) is 17.8 Å². The van der Waals surface area contributed by atoms with Crippen molar-refractivity contribution in [2.24, 2.45) is 7.05 Å². The zero-order valence-electron chi connectivity index (χ0n) is 12.4. The van der Waals surface area contributed by atoms with Gasteiger partial charge in [0.15, 0.2) is 0 Å². The smallest absolute Gasteiger partial charge is 0.209 e. The number of fused-ring (bicyclic) bond motifs is 1. The van der Waals surface area contributed by atoms with Crippen LogP contribution in [0.3, 0.4) is 0 Å². The Hall–Kier alpha value is -0.960. The van der Waals surface area contributed by atoms with Crippen LogP contribution in [0.25, 0.3) is 0 Å². The van der Waals surface area contributed by atoms with Gasteiger partial charge in [0.1, 0.15) is 5.82 Å². The molecule has 2 aliphatic heterocycles. The second-order valence-electron chi connectivity index (χ2n) is 5.93. The Morgan fingerprint density at radius 2 is 2.33 bits per heavy atom. The number of nitrogens with one attached hydrogen (secondary N) is 1. The molecule has 0 spiro atoms. The molecule has 1 N–H and O–H groups in total. The normalized spacial score (nSPS) is 30.5. The third kappa shape index (κ3) is 3.28. The summed E-state index contributed by atoms with van der Waals surface area (Å²) in [5, 5.41) is 0. The zero-order chi connectivity index (χ0) is 15.0. The van der Waals surface area contributed by atoms with Gasteiger partial charge in [-0.05, 0) is 12.8 Å². The highest BCUT2D eigenvalue weighted by molar-refractivity contribution is 7.88. The second kappa shape index (κ2) is 5.68. The van der Waals surface area contributed by atoms with Crippen molar-refractivity contribution in [2.75, 3.05) is 19.4 Å². The summed E-state index contributed by atoms with van der Waals surface area (Å²) in [4.78, 5) is 6.65. The molecule has 21 heavy (non-hydrogen) atoms. The van der Waals surface area contributed by atoms with Crippen LogP contribution in [-0.4, -0.2) is 60.5 Å². The fourth-order valence-corrected chi connectivity index (χ4v) is 4.10. The van der Waals surface area contributed by atoms with E-state index in [4.69, 9.17) is 4.74 Å². The predicted octanol–water partition coefficient (Wildman–Crippen LogP) is -0.299. The molecular weight excluding hydrogens is 292 g/mol. The molecule has 0 bridgehead atoms. The van der Waals surface area contributed by atoms with Gasteiger partial charge >= 0.3 is 0 Å². The number of sulfonamides is 1. The van der Waals surface area contributed by atoms with E-state index in [9.17, 15) is 8.42 Å². The molecule has 0 radical (unpaired) electrons. The van der Waals surface area contributed by atoms with Gasteiger partial charge in [-0.15, -0.1) is 0 Å². The number of likely N-dealkylation sites (tertiary alicyclic amines) is 1. The summed E-state index contributed by atoms with van der Waals surface area (Å²) in [5.41, 5.74) is 0. The summed E-state index contributed by atoms with van der Waals surface area (Å²) in [6.45, 7) is 2.09. The monoisotopic (exact) mass is 314 g/mol. The maximum Gasteiger partial charge on any atom is 0.209 e. The Morgan fingerprint density at radius 3 is 3.00 bits per heavy atom. The summed E-state index contributed by atoms with van der Waals surface area (Å²) in [7, 11) is -1.26. The molecule has 1 aromatic heterocycles. The maximum atomic E-state index is 11.5. The summed E-state index contributed by atoms with van der Waals surface area (Å²) in [5.74, 6) is 0.985. The Bertz CT molecular complexity index is 600. The van der Waals surface area contributed by atoms with Gasteiger partial charge in [-0.3, -0.25) is 4.90 Å². The minimum atomic E-state index is -3.23. The van der Waals surface area contributed by atoms with Crippen molar-refractivity contribution in [1.29, 1.82) is 0 Å². The van der Waals surface area contributed by atoms with E-state index < -0.39 is 10.0 Å². The SMILES string of the molecule is Cn1ccnc1CN1C[C@@H](NS(C)(=O)=O)[C@H]2OCCC[C@H]21. The van der Waals surface area contributed by atoms with Crippen LogP contribution < -0.4 is 4.72 Å². The van der Waals surface area contributed by atoms with E-state index in [-0.39, 0.29) is 18.2 Å². The van der Waals surface area contributed by atoms with E-state index in [0.29, 0.717) is 13.2 Å². The molecule has 3 rings (SSSR count). The van der Waals surface area contributed by atoms with Crippen molar-refractivity contribution in [2.45, 2.75) is 37.6 Å². The molecule has 0 saturated carbocycles. The Kier molecular flexibility index (Phi) is 4.04. The van der Waals surface area contributed by atoms with Crippen LogP contribution in [0.2, 0.25) is 0 Å². The lowest BCUT2D eigenvalue weighted by atomic mass is 10.0. The number of aryl methyl sites for hydroxylation is 1. The molecule has 0 amide bonds. The number of aromatic nitrogens is 2. The van der Waals surface area contributed by atoms with Crippen LogP contribution in [0.4, 0.5) is 0 Å². The molecule has 2 fully saturated rings. The van der Waals surface area contributed by atoms with Crippen LogP contribution in [0.5, 0.6) is 0 Å². The zero-order valence-corrected chi connectivity index (χ0v) is 13.2. The number of imidazole rings is 1. The lowest BCUT2D eigenvalue weighted by Gasteiger charge is -2.32. The lowest BCUT2D eigenvalue weighted by molar-refractivity contribution is -0.0197.